The zero-order valence-electron chi connectivity index (χ0n) is 15.3. The number of halogens is 1. The zero-order chi connectivity index (χ0) is 18.8. The summed E-state index contributed by atoms with van der Waals surface area (Å²) >= 11 is 0. The smallest absolute Gasteiger partial charge is 0.255 e. The third-order valence-electron chi connectivity index (χ3n) is 4.95. The largest absolute Gasteiger partial charge is 0.357 e. The van der Waals surface area contributed by atoms with Gasteiger partial charge in [-0.1, -0.05) is 17.7 Å². The number of carbonyl (C=O) groups is 1. The number of hydrogen-bond donors (Lipinski definition) is 1. The Morgan fingerprint density at radius 3 is 2.67 bits per heavy atom. The van der Waals surface area contributed by atoms with Crippen molar-refractivity contribution in [2.75, 3.05) is 23.3 Å². The van der Waals surface area contributed by atoms with E-state index in [1.54, 1.807) is 18.2 Å². The van der Waals surface area contributed by atoms with Crippen LogP contribution in [0.15, 0.2) is 48.5 Å². The molecule has 4 rings (SSSR count). The summed E-state index contributed by atoms with van der Waals surface area (Å²) in [5.41, 5.74) is 2.32. The Hall–Kier alpha value is -2.95. The molecule has 1 aliphatic rings. The summed E-state index contributed by atoms with van der Waals surface area (Å²) in [4.78, 5) is 19.1. The molecule has 0 saturated carbocycles. The molecule has 138 valence electrons. The monoisotopic (exact) mass is 363 g/mol. The Bertz CT molecular complexity index is 996. The highest BCUT2D eigenvalue weighted by atomic mass is 19.1. The SMILES string of the molecule is Cc1cccc(C(=O)Nc2cc(F)c3nc(N4CCCCC4)ccc3c2)c1. The molecule has 4 nitrogen and oxygen atoms in total. The Labute approximate surface area is 158 Å². The minimum atomic E-state index is -0.425. The second-order valence-electron chi connectivity index (χ2n) is 7.07. The van der Waals surface area contributed by atoms with Crippen LogP contribution >= 0.6 is 0 Å². The van der Waals surface area contributed by atoms with Gasteiger partial charge in [0, 0.05) is 29.7 Å². The highest BCUT2D eigenvalue weighted by Gasteiger charge is 2.15. The molecule has 1 aliphatic heterocycles. The van der Waals surface area contributed by atoms with Crippen LogP contribution in [0.5, 0.6) is 0 Å². The molecule has 2 heterocycles. The molecule has 1 amide bonds. The third-order valence-corrected chi connectivity index (χ3v) is 4.95. The summed E-state index contributed by atoms with van der Waals surface area (Å²) in [6.45, 7) is 3.85. The minimum Gasteiger partial charge on any atom is -0.357 e. The van der Waals surface area contributed by atoms with E-state index in [1.165, 1.54) is 12.5 Å². The molecule has 1 N–H and O–H groups in total. The normalized spacial score (nSPS) is 14.4. The Morgan fingerprint density at radius 2 is 1.89 bits per heavy atom. The van der Waals surface area contributed by atoms with Gasteiger partial charge in [0.2, 0.25) is 0 Å². The van der Waals surface area contributed by atoms with Crippen molar-refractivity contribution in [2.24, 2.45) is 0 Å². The standard InChI is InChI=1S/C22H22FN3O/c1-15-6-5-7-17(12-15)22(27)24-18-13-16-8-9-20(25-21(16)19(23)14-18)26-10-3-2-4-11-26/h5-9,12-14H,2-4,10-11H2,1H3,(H,24,27). The highest BCUT2D eigenvalue weighted by Crippen LogP contribution is 2.26. The lowest BCUT2D eigenvalue weighted by Gasteiger charge is -2.27. The molecule has 2 aromatic carbocycles. The van der Waals surface area contributed by atoms with Gasteiger partial charge < -0.3 is 10.2 Å². The molecule has 1 aromatic heterocycles. The van der Waals surface area contributed by atoms with Crippen LogP contribution in [0.3, 0.4) is 0 Å². The molecule has 0 atom stereocenters. The molecule has 1 fully saturated rings. The predicted octanol–water partition coefficient (Wildman–Crippen LogP) is 4.92. The van der Waals surface area contributed by atoms with Crippen molar-refractivity contribution in [1.82, 2.24) is 4.98 Å². The Kier molecular flexibility index (Phi) is 4.75. The van der Waals surface area contributed by atoms with E-state index < -0.39 is 5.82 Å². The first-order valence-corrected chi connectivity index (χ1v) is 9.33. The van der Waals surface area contributed by atoms with Gasteiger partial charge >= 0.3 is 0 Å². The number of nitrogens with zero attached hydrogens (tertiary/aromatic N) is 2. The topological polar surface area (TPSA) is 45.2 Å². The van der Waals surface area contributed by atoms with E-state index >= 15 is 0 Å². The van der Waals surface area contributed by atoms with Gasteiger partial charge in [0.1, 0.15) is 11.3 Å². The Balaban J connectivity index is 1.60. The van der Waals surface area contributed by atoms with Crippen LogP contribution in [0.1, 0.15) is 35.2 Å². The highest BCUT2D eigenvalue weighted by molar-refractivity contribution is 6.05. The fourth-order valence-corrected chi connectivity index (χ4v) is 3.54. The van der Waals surface area contributed by atoms with Gasteiger partial charge in [-0.2, -0.15) is 0 Å². The van der Waals surface area contributed by atoms with Crippen LogP contribution in [0.4, 0.5) is 15.9 Å². The van der Waals surface area contributed by atoms with Crippen molar-refractivity contribution in [3.8, 4) is 0 Å². The second-order valence-corrected chi connectivity index (χ2v) is 7.07. The molecule has 0 bridgehead atoms. The van der Waals surface area contributed by atoms with E-state index in [-0.39, 0.29) is 5.91 Å². The third kappa shape index (κ3) is 3.77. The van der Waals surface area contributed by atoms with Crippen LogP contribution in [0.25, 0.3) is 10.9 Å². The molecular weight excluding hydrogens is 341 g/mol. The number of aromatic nitrogens is 1. The maximum atomic E-state index is 14.7. The molecule has 1 saturated heterocycles. The number of pyridine rings is 1. The summed E-state index contributed by atoms with van der Waals surface area (Å²) in [7, 11) is 0. The first kappa shape index (κ1) is 17.5. The number of anilines is 2. The van der Waals surface area contributed by atoms with E-state index in [9.17, 15) is 9.18 Å². The molecule has 27 heavy (non-hydrogen) atoms. The zero-order valence-corrected chi connectivity index (χ0v) is 15.3. The van der Waals surface area contributed by atoms with Crippen molar-refractivity contribution in [3.63, 3.8) is 0 Å². The van der Waals surface area contributed by atoms with Crippen molar-refractivity contribution in [3.05, 3.63) is 65.5 Å². The maximum absolute atomic E-state index is 14.7. The van der Waals surface area contributed by atoms with Crippen molar-refractivity contribution in [1.29, 1.82) is 0 Å². The first-order valence-electron chi connectivity index (χ1n) is 9.33. The van der Waals surface area contributed by atoms with Crippen LogP contribution in [0.2, 0.25) is 0 Å². The quantitative estimate of drug-likeness (QED) is 0.718. The van der Waals surface area contributed by atoms with Crippen molar-refractivity contribution >= 4 is 28.3 Å². The van der Waals surface area contributed by atoms with Crippen molar-refractivity contribution < 1.29 is 9.18 Å². The number of rotatable bonds is 3. The average Bonchev–Trinajstić information content (AvgIpc) is 2.68. The van der Waals surface area contributed by atoms with Gasteiger partial charge in [0.05, 0.1) is 0 Å². The number of fused-ring (bicyclic) bond motifs is 1. The predicted molar refractivity (Wildman–Crippen MR) is 107 cm³/mol. The van der Waals surface area contributed by atoms with E-state index in [1.807, 2.05) is 31.2 Å². The number of hydrogen-bond acceptors (Lipinski definition) is 3. The number of amides is 1. The van der Waals surface area contributed by atoms with Gasteiger partial charge in [-0.15, -0.1) is 0 Å². The lowest BCUT2D eigenvalue weighted by Crippen LogP contribution is -2.30. The Morgan fingerprint density at radius 1 is 1.07 bits per heavy atom. The number of nitrogens with one attached hydrogen (secondary N) is 1. The van der Waals surface area contributed by atoms with Gasteiger partial charge in [-0.25, -0.2) is 9.37 Å². The van der Waals surface area contributed by atoms with E-state index in [0.29, 0.717) is 22.2 Å². The molecule has 0 spiro atoms. The molecule has 3 aromatic rings. The van der Waals surface area contributed by atoms with Gasteiger partial charge in [-0.05, 0) is 62.6 Å². The molecular formula is C22H22FN3O. The van der Waals surface area contributed by atoms with Crippen LogP contribution in [-0.2, 0) is 0 Å². The number of aryl methyl sites for hydroxylation is 1. The number of piperidine rings is 1. The maximum Gasteiger partial charge on any atom is 0.255 e. The van der Waals surface area contributed by atoms with E-state index in [4.69, 9.17) is 0 Å². The van der Waals surface area contributed by atoms with Gasteiger partial charge in [0.15, 0.2) is 5.82 Å². The number of carbonyl (C=O) groups excluding carboxylic acids is 1. The van der Waals surface area contributed by atoms with E-state index in [0.717, 1.165) is 37.3 Å². The van der Waals surface area contributed by atoms with Gasteiger partial charge in [-0.3, -0.25) is 4.79 Å². The summed E-state index contributed by atoms with van der Waals surface area (Å²) < 4.78 is 14.7. The lowest BCUT2D eigenvalue weighted by atomic mass is 10.1. The average molecular weight is 363 g/mol. The summed E-state index contributed by atoms with van der Waals surface area (Å²) in [5, 5.41) is 3.46. The van der Waals surface area contributed by atoms with E-state index in [2.05, 4.69) is 15.2 Å². The summed E-state index contributed by atoms with van der Waals surface area (Å²) in [5.74, 6) is 0.138. The molecule has 0 aliphatic carbocycles. The van der Waals surface area contributed by atoms with Gasteiger partial charge in [0.25, 0.3) is 5.91 Å². The first-order chi connectivity index (χ1) is 13.1. The summed E-state index contributed by atoms with van der Waals surface area (Å²) in [6.07, 6.45) is 3.53. The number of benzene rings is 2. The molecule has 0 unspecified atom stereocenters. The molecule has 0 radical (unpaired) electrons. The second kappa shape index (κ2) is 7.35. The molecule has 5 heteroatoms. The van der Waals surface area contributed by atoms with Crippen LogP contribution in [0, 0.1) is 12.7 Å². The fraction of sp³-hybridized carbons (Fsp3) is 0.273. The minimum absolute atomic E-state index is 0.254. The van der Waals surface area contributed by atoms with Crippen LogP contribution < -0.4 is 10.2 Å². The fourth-order valence-electron chi connectivity index (χ4n) is 3.54. The van der Waals surface area contributed by atoms with Crippen LogP contribution in [-0.4, -0.2) is 24.0 Å². The summed E-state index contributed by atoms with van der Waals surface area (Å²) in [6, 6.07) is 14.2. The lowest BCUT2D eigenvalue weighted by molar-refractivity contribution is 0.102. The van der Waals surface area contributed by atoms with Crippen molar-refractivity contribution in [2.45, 2.75) is 26.2 Å².